The molecule has 3 aromatic rings. The smallest absolute Gasteiger partial charge is 0.240 e. The molecular formula is C18H14ClN5OS. The number of aromatic nitrogens is 3. The number of halogens is 1. The SMILES string of the molecule is N#Cc1ccc(CNC(=O)Cn2c(-c3ccc(Cl)cc3)n[nH]c2=S)cc1. The number of nitriles is 1. The number of aromatic amines is 1. The van der Waals surface area contributed by atoms with Gasteiger partial charge in [-0.25, -0.2) is 0 Å². The van der Waals surface area contributed by atoms with E-state index in [4.69, 9.17) is 29.1 Å². The molecule has 0 radical (unpaired) electrons. The lowest BCUT2D eigenvalue weighted by Gasteiger charge is -2.08. The third-order valence-electron chi connectivity index (χ3n) is 3.74. The largest absolute Gasteiger partial charge is 0.350 e. The summed E-state index contributed by atoms with van der Waals surface area (Å²) in [5.41, 5.74) is 2.30. The molecule has 0 spiro atoms. The lowest BCUT2D eigenvalue weighted by Crippen LogP contribution is -2.27. The molecule has 2 aromatic carbocycles. The van der Waals surface area contributed by atoms with Crippen molar-refractivity contribution in [1.29, 1.82) is 5.26 Å². The number of hydrogen-bond donors (Lipinski definition) is 2. The van der Waals surface area contributed by atoms with Crippen LogP contribution in [0.3, 0.4) is 0 Å². The van der Waals surface area contributed by atoms with E-state index in [9.17, 15) is 4.79 Å². The van der Waals surface area contributed by atoms with Crippen molar-refractivity contribution in [3.05, 3.63) is 69.5 Å². The van der Waals surface area contributed by atoms with Crippen LogP contribution in [0, 0.1) is 16.1 Å². The second-order valence-corrected chi connectivity index (χ2v) is 6.35. The van der Waals surface area contributed by atoms with E-state index in [1.807, 2.05) is 24.3 Å². The molecule has 0 fully saturated rings. The average Bonchev–Trinajstić information content (AvgIpc) is 3.01. The Morgan fingerprint density at radius 3 is 2.58 bits per heavy atom. The Bertz CT molecular complexity index is 1020. The summed E-state index contributed by atoms with van der Waals surface area (Å²) in [7, 11) is 0. The number of amides is 1. The Kier molecular flexibility index (Phi) is 5.46. The molecule has 1 heterocycles. The molecule has 0 saturated carbocycles. The van der Waals surface area contributed by atoms with Gasteiger partial charge in [0.15, 0.2) is 10.6 Å². The molecule has 3 rings (SSSR count). The summed E-state index contributed by atoms with van der Waals surface area (Å²) in [5.74, 6) is 0.377. The minimum atomic E-state index is -0.193. The van der Waals surface area contributed by atoms with Crippen LogP contribution >= 0.6 is 23.8 Å². The van der Waals surface area contributed by atoms with E-state index < -0.39 is 0 Å². The summed E-state index contributed by atoms with van der Waals surface area (Å²) in [6.45, 7) is 0.412. The fourth-order valence-corrected chi connectivity index (χ4v) is 2.70. The van der Waals surface area contributed by atoms with Crippen molar-refractivity contribution in [3.63, 3.8) is 0 Å². The molecule has 0 aliphatic heterocycles. The maximum Gasteiger partial charge on any atom is 0.240 e. The Labute approximate surface area is 160 Å². The molecule has 0 saturated heterocycles. The van der Waals surface area contributed by atoms with Crippen LogP contribution in [-0.2, 0) is 17.9 Å². The number of carbonyl (C=O) groups excluding carboxylic acids is 1. The van der Waals surface area contributed by atoms with Crippen molar-refractivity contribution >= 4 is 29.7 Å². The first-order valence-electron chi connectivity index (χ1n) is 7.73. The molecule has 8 heteroatoms. The van der Waals surface area contributed by atoms with E-state index in [2.05, 4.69) is 21.6 Å². The second-order valence-electron chi connectivity index (χ2n) is 5.53. The molecule has 6 nitrogen and oxygen atoms in total. The van der Waals surface area contributed by atoms with E-state index >= 15 is 0 Å². The van der Waals surface area contributed by atoms with Crippen LogP contribution in [0.2, 0.25) is 5.02 Å². The Morgan fingerprint density at radius 2 is 1.92 bits per heavy atom. The molecule has 0 bridgehead atoms. The van der Waals surface area contributed by atoms with Gasteiger partial charge in [-0.05, 0) is 54.2 Å². The highest BCUT2D eigenvalue weighted by Crippen LogP contribution is 2.19. The van der Waals surface area contributed by atoms with E-state index in [1.165, 1.54) is 0 Å². The van der Waals surface area contributed by atoms with Gasteiger partial charge in [0.25, 0.3) is 0 Å². The van der Waals surface area contributed by atoms with E-state index in [1.54, 1.807) is 28.8 Å². The third kappa shape index (κ3) is 4.17. The van der Waals surface area contributed by atoms with Gasteiger partial charge in [-0.3, -0.25) is 14.5 Å². The highest BCUT2D eigenvalue weighted by molar-refractivity contribution is 7.71. The van der Waals surface area contributed by atoms with Gasteiger partial charge in [-0.2, -0.15) is 10.4 Å². The number of H-pyrrole nitrogens is 1. The molecule has 0 aliphatic carbocycles. The zero-order chi connectivity index (χ0) is 18.5. The molecule has 0 unspecified atom stereocenters. The highest BCUT2D eigenvalue weighted by Gasteiger charge is 2.12. The van der Waals surface area contributed by atoms with Crippen LogP contribution in [0.4, 0.5) is 0 Å². The van der Waals surface area contributed by atoms with Crippen molar-refractivity contribution in [2.24, 2.45) is 0 Å². The summed E-state index contributed by atoms with van der Waals surface area (Å²) in [6, 6.07) is 16.2. The van der Waals surface area contributed by atoms with Crippen LogP contribution in [0.15, 0.2) is 48.5 Å². The fraction of sp³-hybridized carbons (Fsp3) is 0.111. The maximum atomic E-state index is 12.3. The Balaban J connectivity index is 1.69. The molecular weight excluding hydrogens is 370 g/mol. The van der Waals surface area contributed by atoms with E-state index in [0.717, 1.165) is 11.1 Å². The fourth-order valence-electron chi connectivity index (χ4n) is 2.38. The van der Waals surface area contributed by atoms with E-state index in [0.29, 0.717) is 27.7 Å². The lowest BCUT2D eigenvalue weighted by molar-refractivity contribution is -0.121. The number of nitrogens with zero attached hydrogens (tertiary/aromatic N) is 3. The zero-order valence-corrected chi connectivity index (χ0v) is 15.1. The zero-order valence-electron chi connectivity index (χ0n) is 13.6. The van der Waals surface area contributed by atoms with Gasteiger partial charge < -0.3 is 5.32 Å². The average molecular weight is 384 g/mol. The van der Waals surface area contributed by atoms with Crippen molar-refractivity contribution in [1.82, 2.24) is 20.1 Å². The number of carbonyl (C=O) groups is 1. The lowest BCUT2D eigenvalue weighted by atomic mass is 10.1. The summed E-state index contributed by atoms with van der Waals surface area (Å²) < 4.78 is 2.00. The molecule has 2 N–H and O–H groups in total. The van der Waals surface area contributed by atoms with Crippen LogP contribution in [0.5, 0.6) is 0 Å². The van der Waals surface area contributed by atoms with Crippen molar-refractivity contribution < 1.29 is 4.79 Å². The van der Waals surface area contributed by atoms with E-state index in [-0.39, 0.29) is 12.5 Å². The predicted octanol–water partition coefficient (Wildman–Crippen LogP) is 3.45. The number of benzene rings is 2. The summed E-state index contributed by atoms with van der Waals surface area (Å²) >= 11 is 11.1. The molecule has 1 amide bonds. The molecule has 1 aromatic heterocycles. The van der Waals surface area contributed by atoms with Crippen molar-refractivity contribution in [2.75, 3.05) is 0 Å². The Hall–Kier alpha value is -2.95. The van der Waals surface area contributed by atoms with Gasteiger partial charge in [0.1, 0.15) is 6.54 Å². The first-order valence-corrected chi connectivity index (χ1v) is 8.52. The Morgan fingerprint density at radius 1 is 1.23 bits per heavy atom. The number of nitrogens with one attached hydrogen (secondary N) is 2. The maximum absolute atomic E-state index is 12.3. The van der Waals surface area contributed by atoms with Gasteiger partial charge in [-0.1, -0.05) is 23.7 Å². The summed E-state index contributed by atoms with van der Waals surface area (Å²) in [6.07, 6.45) is 0. The van der Waals surface area contributed by atoms with Gasteiger partial charge in [0.05, 0.1) is 11.6 Å². The minimum Gasteiger partial charge on any atom is -0.350 e. The normalized spacial score (nSPS) is 10.3. The van der Waals surface area contributed by atoms with Crippen LogP contribution in [0.25, 0.3) is 11.4 Å². The summed E-state index contributed by atoms with van der Waals surface area (Å²) in [4.78, 5) is 12.3. The van der Waals surface area contributed by atoms with Gasteiger partial charge in [0.2, 0.25) is 5.91 Å². The van der Waals surface area contributed by atoms with Crippen LogP contribution in [0.1, 0.15) is 11.1 Å². The van der Waals surface area contributed by atoms with Gasteiger partial charge in [-0.15, -0.1) is 0 Å². The standard InChI is InChI=1S/C18H14ClN5OS/c19-15-7-5-14(6-8-15)17-22-23-18(26)24(17)11-16(25)21-10-13-3-1-12(9-20)2-4-13/h1-8H,10-11H2,(H,21,25)(H,23,26). The monoisotopic (exact) mass is 383 g/mol. The quantitative estimate of drug-likeness (QED) is 0.660. The molecule has 0 aliphatic rings. The van der Waals surface area contributed by atoms with Crippen LogP contribution < -0.4 is 5.32 Å². The summed E-state index contributed by atoms with van der Waals surface area (Å²) in [5, 5.41) is 19.2. The number of rotatable bonds is 5. The van der Waals surface area contributed by atoms with Crippen LogP contribution in [-0.4, -0.2) is 20.7 Å². The highest BCUT2D eigenvalue weighted by atomic mass is 35.5. The molecule has 26 heavy (non-hydrogen) atoms. The van der Waals surface area contributed by atoms with Gasteiger partial charge in [0, 0.05) is 17.1 Å². The van der Waals surface area contributed by atoms with Gasteiger partial charge >= 0.3 is 0 Å². The first kappa shape index (κ1) is 17.9. The number of hydrogen-bond acceptors (Lipinski definition) is 4. The minimum absolute atomic E-state index is 0.0452. The molecule has 130 valence electrons. The van der Waals surface area contributed by atoms with Crippen molar-refractivity contribution in [2.45, 2.75) is 13.1 Å². The first-order chi connectivity index (χ1) is 12.6. The third-order valence-corrected chi connectivity index (χ3v) is 4.30. The topological polar surface area (TPSA) is 86.5 Å². The second kappa shape index (κ2) is 7.95. The van der Waals surface area contributed by atoms with Crippen molar-refractivity contribution in [3.8, 4) is 17.5 Å². The molecule has 0 atom stereocenters. The predicted molar refractivity (Wildman–Crippen MR) is 101 cm³/mol.